The van der Waals surface area contributed by atoms with Crippen LogP contribution in [0.15, 0.2) is 30.5 Å². The van der Waals surface area contributed by atoms with Crippen molar-refractivity contribution in [3.8, 4) is 0 Å². The highest BCUT2D eigenvalue weighted by molar-refractivity contribution is 5.82. The fourth-order valence-corrected chi connectivity index (χ4v) is 4.11. The number of rotatable bonds is 5. The largest absolute Gasteiger partial charge is 0.380 e. The van der Waals surface area contributed by atoms with Crippen LogP contribution in [-0.4, -0.2) is 24.7 Å². The summed E-state index contributed by atoms with van der Waals surface area (Å²) in [7, 11) is 0. The fourth-order valence-electron chi connectivity index (χ4n) is 4.11. The van der Waals surface area contributed by atoms with E-state index in [1.165, 1.54) is 42.1 Å². The van der Waals surface area contributed by atoms with E-state index in [4.69, 9.17) is 4.74 Å². The lowest BCUT2D eigenvalue weighted by atomic mass is 9.72. The third-order valence-electron chi connectivity index (χ3n) is 5.47. The minimum Gasteiger partial charge on any atom is -0.380 e. The fraction of sp³-hybridized carbons (Fsp3) is 0.556. The first-order chi connectivity index (χ1) is 10.4. The Bertz CT molecular complexity index is 608. The average Bonchev–Trinajstić information content (AvgIpc) is 3.12. The van der Waals surface area contributed by atoms with Gasteiger partial charge in [-0.1, -0.05) is 31.0 Å². The average molecular weight is 284 g/mol. The predicted molar refractivity (Wildman–Crippen MR) is 85.2 cm³/mol. The molecule has 112 valence electrons. The van der Waals surface area contributed by atoms with Crippen molar-refractivity contribution < 1.29 is 4.74 Å². The molecule has 21 heavy (non-hydrogen) atoms. The summed E-state index contributed by atoms with van der Waals surface area (Å²) >= 11 is 0. The number of ether oxygens (including phenoxy) is 1. The van der Waals surface area contributed by atoms with Crippen molar-refractivity contribution in [1.29, 1.82) is 0 Å². The van der Waals surface area contributed by atoms with E-state index in [9.17, 15) is 0 Å². The number of H-pyrrole nitrogens is 1. The molecule has 2 aromatic rings. The Labute approximate surface area is 126 Å². The van der Waals surface area contributed by atoms with Gasteiger partial charge in [0, 0.05) is 35.6 Å². The number of aromatic amines is 1. The van der Waals surface area contributed by atoms with Crippen LogP contribution in [0, 0.1) is 11.3 Å². The molecule has 3 heteroatoms. The van der Waals surface area contributed by atoms with Gasteiger partial charge >= 0.3 is 0 Å². The summed E-state index contributed by atoms with van der Waals surface area (Å²) in [6.45, 7) is 3.95. The molecule has 1 saturated heterocycles. The Kier molecular flexibility index (Phi) is 3.48. The molecule has 0 atom stereocenters. The van der Waals surface area contributed by atoms with Crippen LogP contribution in [0.25, 0.3) is 10.9 Å². The maximum atomic E-state index is 5.56. The van der Waals surface area contributed by atoms with Crippen molar-refractivity contribution in [3.63, 3.8) is 0 Å². The van der Waals surface area contributed by atoms with Gasteiger partial charge in [0.1, 0.15) is 0 Å². The minimum absolute atomic E-state index is 0.419. The lowest BCUT2D eigenvalue weighted by molar-refractivity contribution is -0.142. The second-order valence-corrected chi connectivity index (χ2v) is 6.80. The van der Waals surface area contributed by atoms with E-state index >= 15 is 0 Å². The van der Waals surface area contributed by atoms with Crippen LogP contribution in [0.5, 0.6) is 0 Å². The molecule has 2 N–H and O–H groups in total. The van der Waals surface area contributed by atoms with E-state index in [2.05, 4.69) is 40.8 Å². The molecule has 0 radical (unpaired) electrons. The second-order valence-electron chi connectivity index (χ2n) is 6.80. The maximum absolute atomic E-state index is 5.56. The number of aromatic nitrogens is 1. The molecule has 1 aromatic carbocycles. The van der Waals surface area contributed by atoms with Crippen LogP contribution >= 0.6 is 0 Å². The van der Waals surface area contributed by atoms with Crippen LogP contribution in [0.2, 0.25) is 0 Å². The zero-order chi connectivity index (χ0) is 14.1. The summed E-state index contributed by atoms with van der Waals surface area (Å²) < 4.78 is 5.56. The Morgan fingerprint density at radius 2 is 2.00 bits per heavy atom. The van der Waals surface area contributed by atoms with Gasteiger partial charge in [0.2, 0.25) is 0 Å². The minimum atomic E-state index is 0.419. The molecule has 0 bridgehead atoms. The summed E-state index contributed by atoms with van der Waals surface area (Å²) in [5, 5.41) is 5.04. The van der Waals surface area contributed by atoms with Crippen molar-refractivity contribution in [1.82, 2.24) is 10.3 Å². The molecule has 1 aliphatic carbocycles. The van der Waals surface area contributed by atoms with Crippen molar-refractivity contribution in [2.45, 2.75) is 32.2 Å². The smallest absolute Gasteiger partial charge is 0.0559 e. The van der Waals surface area contributed by atoms with Crippen LogP contribution in [0.3, 0.4) is 0 Å². The molecule has 0 amide bonds. The van der Waals surface area contributed by atoms with Gasteiger partial charge < -0.3 is 15.0 Å². The Morgan fingerprint density at radius 1 is 1.19 bits per heavy atom. The Morgan fingerprint density at radius 3 is 2.76 bits per heavy atom. The van der Waals surface area contributed by atoms with E-state index in [0.717, 1.165) is 32.2 Å². The van der Waals surface area contributed by atoms with Crippen molar-refractivity contribution in [3.05, 3.63) is 36.0 Å². The highest BCUT2D eigenvalue weighted by Gasteiger charge is 2.45. The third-order valence-corrected chi connectivity index (χ3v) is 5.47. The summed E-state index contributed by atoms with van der Waals surface area (Å²) in [6, 6.07) is 8.52. The zero-order valence-electron chi connectivity index (χ0n) is 12.5. The summed E-state index contributed by atoms with van der Waals surface area (Å²) in [4.78, 5) is 3.35. The molecule has 1 saturated carbocycles. The Hall–Kier alpha value is -1.32. The summed E-state index contributed by atoms with van der Waals surface area (Å²) in [5.41, 5.74) is 3.02. The first-order valence-electron chi connectivity index (χ1n) is 8.21. The van der Waals surface area contributed by atoms with E-state index in [1.807, 2.05) is 0 Å². The molecule has 2 heterocycles. The van der Waals surface area contributed by atoms with Gasteiger partial charge in [0.25, 0.3) is 0 Å². The topological polar surface area (TPSA) is 37.0 Å². The van der Waals surface area contributed by atoms with E-state index in [0.29, 0.717) is 5.41 Å². The number of fused-ring (bicyclic) bond motifs is 1. The first-order valence-corrected chi connectivity index (χ1v) is 8.21. The Balaban J connectivity index is 1.40. The van der Waals surface area contributed by atoms with Crippen molar-refractivity contribution in [2.75, 3.05) is 19.8 Å². The first kappa shape index (κ1) is 13.4. The second kappa shape index (κ2) is 5.47. The quantitative estimate of drug-likeness (QED) is 0.882. The number of para-hydroxylation sites is 1. The van der Waals surface area contributed by atoms with E-state index < -0.39 is 0 Å². The van der Waals surface area contributed by atoms with Gasteiger partial charge in [0.15, 0.2) is 0 Å². The zero-order valence-corrected chi connectivity index (χ0v) is 12.5. The van der Waals surface area contributed by atoms with Gasteiger partial charge in [0.05, 0.1) is 13.2 Å². The highest BCUT2D eigenvalue weighted by Crippen LogP contribution is 2.44. The van der Waals surface area contributed by atoms with Crippen molar-refractivity contribution in [2.24, 2.45) is 11.3 Å². The molecule has 2 aliphatic rings. The number of nitrogens with one attached hydrogen (secondary N) is 2. The van der Waals surface area contributed by atoms with Crippen LogP contribution < -0.4 is 5.32 Å². The molecular formula is C18H24N2O. The van der Waals surface area contributed by atoms with Crippen LogP contribution in [0.4, 0.5) is 0 Å². The molecule has 3 nitrogen and oxygen atoms in total. The lowest BCUT2D eigenvalue weighted by Gasteiger charge is -2.46. The molecular weight excluding hydrogens is 260 g/mol. The maximum Gasteiger partial charge on any atom is 0.0559 e. The number of hydrogen-bond donors (Lipinski definition) is 2. The van der Waals surface area contributed by atoms with Gasteiger partial charge in [-0.05, 0) is 30.4 Å². The monoisotopic (exact) mass is 284 g/mol. The van der Waals surface area contributed by atoms with Gasteiger partial charge in [-0.15, -0.1) is 0 Å². The van der Waals surface area contributed by atoms with Crippen LogP contribution in [-0.2, 0) is 11.3 Å². The predicted octanol–water partition coefficient (Wildman–Crippen LogP) is 3.46. The molecule has 1 aromatic heterocycles. The van der Waals surface area contributed by atoms with Gasteiger partial charge in [-0.25, -0.2) is 0 Å². The lowest BCUT2D eigenvalue weighted by Crippen LogP contribution is -2.53. The third kappa shape index (κ3) is 2.39. The molecule has 2 fully saturated rings. The van der Waals surface area contributed by atoms with Crippen molar-refractivity contribution >= 4 is 10.9 Å². The van der Waals surface area contributed by atoms with Gasteiger partial charge in [-0.2, -0.15) is 0 Å². The molecule has 0 unspecified atom stereocenters. The molecule has 0 spiro atoms. The molecule has 4 rings (SSSR count). The summed E-state index contributed by atoms with van der Waals surface area (Å²) in [5.74, 6) is 0.877. The standard InChI is InChI=1S/C18H24N2O/c1-2-6-15(5-1)18(12-21-13-18)11-19-9-14-10-20-17-8-4-3-7-16(14)17/h3-4,7-8,10,15,19-20H,1-2,5-6,9,11-13H2. The van der Waals surface area contributed by atoms with E-state index in [1.54, 1.807) is 0 Å². The summed E-state index contributed by atoms with van der Waals surface area (Å²) in [6.07, 6.45) is 7.76. The van der Waals surface area contributed by atoms with Gasteiger partial charge in [-0.3, -0.25) is 0 Å². The number of benzene rings is 1. The molecule has 1 aliphatic heterocycles. The highest BCUT2D eigenvalue weighted by atomic mass is 16.5. The van der Waals surface area contributed by atoms with Crippen LogP contribution in [0.1, 0.15) is 31.2 Å². The van der Waals surface area contributed by atoms with E-state index in [-0.39, 0.29) is 0 Å². The normalized spacial score (nSPS) is 21.7. The number of hydrogen-bond acceptors (Lipinski definition) is 2. The SMILES string of the molecule is c1ccc2c(CNCC3(C4CCCC4)COC3)c[nH]c2c1.